The second kappa shape index (κ2) is 5.30. The Morgan fingerprint density at radius 1 is 1.05 bits per heavy atom. The number of hydrogen-bond acceptors (Lipinski definition) is 3. The van der Waals surface area contributed by atoms with E-state index in [4.69, 9.17) is 5.11 Å². The molecule has 0 spiro atoms. The maximum absolute atomic E-state index is 11.3. The summed E-state index contributed by atoms with van der Waals surface area (Å²) in [5.41, 5.74) is 3.62. The summed E-state index contributed by atoms with van der Waals surface area (Å²) in [6.07, 6.45) is 0. The monoisotopic (exact) mass is 262 g/mol. The molecule has 1 aromatic rings. The molecular weight excluding hydrogens is 244 g/mol. The topological polar surface area (TPSA) is 60.9 Å². The van der Waals surface area contributed by atoms with Gasteiger partial charge in [0.25, 0.3) is 0 Å². The molecule has 0 aromatic heterocycles. The van der Waals surface area contributed by atoms with E-state index in [2.05, 4.69) is 36.9 Å². The zero-order chi connectivity index (χ0) is 14.0. The minimum absolute atomic E-state index is 0.456. The number of nitrogens with zero attached hydrogens (tertiary/aromatic N) is 2. The second-order valence-corrected chi connectivity index (χ2v) is 4.85. The molecule has 1 amide bonds. The number of rotatable bonds is 1. The number of aliphatic carboxylic acids is 1. The predicted octanol–water partition coefficient (Wildman–Crippen LogP) is 1.04. The largest absolute Gasteiger partial charge is 0.474 e. The van der Waals surface area contributed by atoms with Crippen molar-refractivity contribution >= 4 is 17.6 Å². The molecule has 1 aromatic carbocycles. The van der Waals surface area contributed by atoms with Crippen molar-refractivity contribution in [1.29, 1.82) is 0 Å². The molecule has 0 atom stereocenters. The van der Waals surface area contributed by atoms with E-state index >= 15 is 0 Å². The first kappa shape index (κ1) is 13.4. The van der Waals surface area contributed by atoms with Crippen molar-refractivity contribution < 1.29 is 14.7 Å². The van der Waals surface area contributed by atoms with Gasteiger partial charge in [-0.25, -0.2) is 4.79 Å². The lowest BCUT2D eigenvalue weighted by Gasteiger charge is -2.35. The van der Waals surface area contributed by atoms with Gasteiger partial charge in [-0.3, -0.25) is 4.79 Å². The van der Waals surface area contributed by atoms with Crippen LogP contribution in [0.5, 0.6) is 0 Å². The fourth-order valence-corrected chi connectivity index (χ4v) is 2.23. The summed E-state index contributed by atoms with van der Waals surface area (Å²) >= 11 is 0. The van der Waals surface area contributed by atoms with Crippen LogP contribution in [0, 0.1) is 13.8 Å². The quantitative estimate of drug-likeness (QED) is 0.768. The van der Waals surface area contributed by atoms with Crippen LogP contribution >= 0.6 is 0 Å². The van der Waals surface area contributed by atoms with Crippen LogP contribution in [0.4, 0.5) is 5.69 Å². The molecule has 0 unspecified atom stereocenters. The van der Waals surface area contributed by atoms with Gasteiger partial charge >= 0.3 is 11.9 Å². The molecule has 0 saturated carbocycles. The molecule has 1 N–H and O–H groups in total. The molecule has 2 rings (SSSR count). The van der Waals surface area contributed by atoms with Crippen molar-refractivity contribution in [2.75, 3.05) is 31.1 Å². The number of carbonyl (C=O) groups is 2. The van der Waals surface area contributed by atoms with Gasteiger partial charge in [-0.05, 0) is 37.1 Å². The molecule has 0 aliphatic carbocycles. The van der Waals surface area contributed by atoms with Gasteiger partial charge in [0.05, 0.1) is 0 Å². The highest BCUT2D eigenvalue weighted by Crippen LogP contribution is 2.20. The Balaban J connectivity index is 2.01. The molecular formula is C14H18N2O3. The van der Waals surface area contributed by atoms with E-state index in [0.29, 0.717) is 26.2 Å². The third-order valence-corrected chi connectivity index (χ3v) is 3.61. The summed E-state index contributed by atoms with van der Waals surface area (Å²) in [5.74, 6) is -2.18. The average molecular weight is 262 g/mol. The lowest BCUT2D eigenvalue weighted by molar-refractivity contribution is -0.156. The summed E-state index contributed by atoms with van der Waals surface area (Å²) in [5, 5.41) is 8.68. The number of hydrogen-bond donors (Lipinski definition) is 1. The number of anilines is 1. The number of carbonyl (C=O) groups excluding carboxylic acids is 1. The highest BCUT2D eigenvalue weighted by molar-refractivity contribution is 6.31. The highest BCUT2D eigenvalue weighted by atomic mass is 16.4. The van der Waals surface area contributed by atoms with Gasteiger partial charge in [-0.15, -0.1) is 0 Å². The average Bonchev–Trinajstić information content (AvgIpc) is 2.41. The van der Waals surface area contributed by atoms with Gasteiger partial charge in [0.1, 0.15) is 0 Å². The van der Waals surface area contributed by atoms with E-state index in [-0.39, 0.29) is 0 Å². The van der Waals surface area contributed by atoms with Gasteiger partial charge in [-0.1, -0.05) is 6.07 Å². The van der Waals surface area contributed by atoms with Gasteiger partial charge in [0.2, 0.25) is 0 Å². The zero-order valence-corrected chi connectivity index (χ0v) is 11.2. The third kappa shape index (κ3) is 2.86. The van der Waals surface area contributed by atoms with E-state index < -0.39 is 11.9 Å². The first-order valence-electron chi connectivity index (χ1n) is 6.33. The molecule has 1 aliphatic heterocycles. The van der Waals surface area contributed by atoms with Crippen LogP contribution in [0.25, 0.3) is 0 Å². The highest BCUT2D eigenvalue weighted by Gasteiger charge is 2.25. The summed E-state index contributed by atoms with van der Waals surface area (Å²) in [6, 6.07) is 6.28. The minimum atomic E-state index is -1.38. The SMILES string of the molecule is Cc1ccc(N2CCN(C(=O)C(=O)O)CC2)cc1C. The maximum Gasteiger partial charge on any atom is 0.394 e. The number of aryl methyl sites for hydroxylation is 2. The van der Waals surface area contributed by atoms with Crippen molar-refractivity contribution in [2.45, 2.75) is 13.8 Å². The van der Waals surface area contributed by atoms with Crippen LogP contribution in [-0.4, -0.2) is 48.1 Å². The summed E-state index contributed by atoms with van der Waals surface area (Å²) in [4.78, 5) is 25.5. The molecule has 5 nitrogen and oxygen atoms in total. The molecule has 1 saturated heterocycles. The van der Waals surface area contributed by atoms with E-state index in [9.17, 15) is 9.59 Å². The fourth-order valence-electron chi connectivity index (χ4n) is 2.23. The predicted molar refractivity (Wildman–Crippen MR) is 72.3 cm³/mol. The normalized spacial score (nSPS) is 15.5. The first-order chi connectivity index (χ1) is 8.99. The fraction of sp³-hybridized carbons (Fsp3) is 0.429. The third-order valence-electron chi connectivity index (χ3n) is 3.61. The summed E-state index contributed by atoms with van der Waals surface area (Å²) in [6.45, 7) is 6.39. The molecule has 0 bridgehead atoms. The van der Waals surface area contributed by atoms with E-state index in [1.54, 1.807) is 0 Å². The van der Waals surface area contributed by atoms with Crippen molar-refractivity contribution in [3.05, 3.63) is 29.3 Å². The Hall–Kier alpha value is -2.04. The first-order valence-corrected chi connectivity index (χ1v) is 6.33. The summed E-state index contributed by atoms with van der Waals surface area (Å²) < 4.78 is 0. The van der Waals surface area contributed by atoms with Crippen LogP contribution in [0.1, 0.15) is 11.1 Å². The van der Waals surface area contributed by atoms with Crippen molar-refractivity contribution in [2.24, 2.45) is 0 Å². The van der Waals surface area contributed by atoms with E-state index in [1.165, 1.54) is 16.0 Å². The second-order valence-electron chi connectivity index (χ2n) is 4.85. The summed E-state index contributed by atoms with van der Waals surface area (Å²) in [7, 11) is 0. The van der Waals surface area contributed by atoms with E-state index in [0.717, 1.165) is 5.69 Å². The maximum atomic E-state index is 11.3. The molecule has 0 radical (unpaired) electrons. The van der Waals surface area contributed by atoms with E-state index in [1.807, 2.05) is 0 Å². The number of carboxylic acid groups (broad SMARTS) is 1. The van der Waals surface area contributed by atoms with Gasteiger partial charge in [-0.2, -0.15) is 0 Å². The Labute approximate surface area is 112 Å². The number of amides is 1. The van der Waals surface area contributed by atoms with Crippen LogP contribution in [0.3, 0.4) is 0 Å². The van der Waals surface area contributed by atoms with Gasteiger partial charge < -0.3 is 14.9 Å². The molecule has 102 valence electrons. The van der Waals surface area contributed by atoms with Crippen LogP contribution in [-0.2, 0) is 9.59 Å². The number of carboxylic acids is 1. The molecule has 1 fully saturated rings. The zero-order valence-electron chi connectivity index (χ0n) is 11.2. The standard InChI is InChI=1S/C14H18N2O3/c1-10-3-4-12(9-11(10)2)15-5-7-16(8-6-15)13(17)14(18)19/h3-4,9H,5-8H2,1-2H3,(H,18,19). The Bertz CT molecular complexity index is 505. The Morgan fingerprint density at radius 3 is 2.21 bits per heavy atom. The smallest absolute Gasteiger partial charge is 0.394 e. The molecule has 5 heteroatoms. The Morgan fingerprint density at radius 2 is 1.68 bits per heavy atom. The lowest BCUT2D eigenvalue weighted by Crippen LogP contribution is -2.50. The minimum Gasteiger partial charge on any atom is -0.474 e. The van der Waals surface area contributed by atoms with Crippen LogP contribution in [0.2, 0.25) is 0 Å². The van der Waals surface area contributed by atoms with Crippen molar-refractivity contribution in [1.82, 2.24) is 4.90 Å². The lowest BCUT2D eigenvalue weighted by atomic mass is 10.1. The van der Waals surface area contributed by atoms with Crippen LogP contribution in [0.15, 0.2) is 18.2 Å². The number of benzene rings is 1. The Kier molecular flexibility index (Phi) is 3.74. The molecule has 19 heavy (non-hydrogen) atoms. The van der Waals surface area contributed by atoms with Crippen molar-refractivity contribution in [3.63, 3.8) is 0 Å². The van der Waals surface area contributed by atoms with Crippen LogP contribution < -0.4 is 4.90 Å². The van der Waals surface area contributed by atoms with Crippen molar-refractivity contribution in [3.8, 4) is 0 Å². The van der Waals surface area contributed by atoms with Gasteiger partial charge in [0.15, 0.2) is 0 Å². The molecule has 1 heterocycles. The number of piperazine rings is 1. The van der Waals surface area contributed by atoms with Gasteiger partial charge in [0, 0.05) is 31.9 Å². The molecule has 1 aliphatic rings.